The second-order valence-electron chi connectivity index (χ2n) is 5.71. The number of fused-ring (bicyclic) bond motifs is 1. The van der Waals surface area contributed by atoms with E-state index in [0.717, 1.165) is 31.9 Å². The standard InChI is InChI=1S/C14H17N3O4/c18-12-7-15-9(6-16-12)13(19)17-10-4-2-1-3-8(10)5-11(17)14(20)21/h6-8,10-11H,1-5H2,(H,16,18)(H,20,21). The second-order valence-corrected chi connectivity index (χ2v) is 5.71. The van der Waals surface area contributed by atoms with Crippen molar-refractivity contribution in [1.29, 1.82) is 0 Å². The third-order valence-electron chi connectivity index (χ3n) is 4.50. The minimum absolute atomic E-state index is 0.0268. The number of aliphatic carboxylic acids is 1. The Morgan fingerprint density at radius 2 is 2.10 bits per heavy atom. The minimum atomic E-state index is -0.970. The quantitative estimate of drug-likeness (QED) is 0.831. The first-order chi connectivity index (χ1) is 10.1. The number of carboxylic acid groups (broad SMARTS) is 1. The number of amides is 1. The molecule has 1 aromatic heterocycles. The summed E-state index contributed by atoms with van der Waals surface area (Å²) in [6.45, 7) is 0. The lowest BCUT2D eigenvalue weighted by atomic mass is 9.84. The third-order valence-corrected chi connectivity index (χ3v) is 4.50. The number of aromatic amines is 1. The Balaban J connectivity index is 1.92. The van der Waals surface area contributed by atoms with Crippen molar-refractivity contribution in [3.63, 3.8) is 0 Å². The van der Waals surface area contributed by atoms with Crippen LogP contribution in [-0.4, -0.2) is 43.9 Å². The van der Waals surface area contributed by atoms with Gasteiger partial charge in [0.25, 0.3) is 11.5 Å². The SMILES string of the molecule is O=C(O)C1CC2CCCCC2N1C(=O)c1c[nH]c(=O)cn1. The number of hydrogen-bond donors (Lipinski definition) is 2. The Morgan fingerprint density at radius 3 is 2.76 bits per heavy atom. The Labute approximate surface area is 121 Å². The second kappa shape index (κ2) is 5.31. The van der Waals surface area contributed by atoms with Crippen molar-refractivity contribution in [3.05, 3.63) is 28.4 Å². The summed E-state index contributed by atoms with van der Waals surface area (Å²) in [5, 5.41) is 9.40. The van der Waals surface area contributed by atoms with Gasteiger partial charge in [-0.25, -0.2) is 9.78 Å². The number of nitrogens with zero attached hydrogens (tertiary/aromatic N) is 2. The fourth-order valence-electron chi connectivity index (χ4n) is 3.56. The highest BCUT2D eigenvalue weighted by molar-refractivity contribution is 5.95. The first-order valence-corrected chi connectivity index (χ1v) is 7.18. The van der Waals surface area contributed by atoms with E-state index >= 15 is 0 Å². The molecule has 3 rings (SSSR count). The Hall–Kier alpha value is -2.18. The van der Waals surface area contributed by atoms with Crippen LogP contribution in [0.15, 0.2) is 17.2 Å². The van der Waals surface area contributed by atoms with Crippen LogP contribution >= 0.6 is 0 Å². The number of likely N-dealkylation sites (tertiary alicyclic amines) is 1. The first-order valence-electron chi connectivity index (χ1n) is 7.18. The zero-order chi connectivity index (χ0) is 15.0. The molecule has 1 aromatic rings. The summed E-state index contributed by atoms with van der Waals surface area (Å²) in [7, 11) is 0. The van der Waals surface area contributed by atoms with Gasteiger partial charge in [-0.05, 0) is 25.2 Å². The predicted molar refractivity (Wildman–Crippen MR) is 72.8 cm³/mol. The molecule has 1 saturated carbocycles. The molecular formula is C14H17N3O4. The third kappa shape index (κ3) is 2.43. The number of aromatic nitrogens is 2. The van der Waals surface area contributed by atoms with E-state index in [1.807, 2.05) is 0 Å². The van der Waals surface area contributed by atoms with E-state index in [1.54, 1.807) is 0 Å². The van der Waals surface area contributed by atoms with E-state index in [1.165, 1.54) is 11.1 Å². The number of carbonyl (C=O) groups is 2. The summed E-state index contributed by atoms with van der Waals surface area (Å²) in [4.78, 5) is 42.8. The van der Waals surface area contributed by atoms with Gasteiger partial charge in [0.05, 0.1) is 6.20 Å². The van der Waals surface area contributed by atoms with Gasteiger partial charge in [0.1, 0.15) is 11.7 Å². The number of carbonyl (C=O) groups excluding carboxylic acids is 1. The summed E-state index contributed by atoms with van der Waals surface area (Å²) >= 11 is 0. The van der Waals surface area contributed by atoms with Crippen molar-refractivity contribution < 1.29 is 14.7 Å². The van der Waals surface area contributed by atoms with Gasteiger partial charge in [-0.15, -0.1) is 0 Å². The smallest absolute Gasteiger partial charge is 0.326 e. The first kappa shape index (κ1) is 13.8. The molecule has 112 valence electrons. The number of carboxylic acids is 1. The van der Waals surface area contributed by atoms with E-state index in [0.29, 0.717) is 6.42 Å². The number of H-pyrrole nitrogens is 1. The molecule has 7 nitrogen and oxygen atoms in total. The monoisotopic (exact) mass is 291 g/mol. The summed E-state index contributed by atoms with van der Waals surface area (Å²) < 4.78 is 0. The van der Waals surface area contributed by atoms with Crippen molar-refractivity contribution in [2.75, 3.05) is 0 Å². The molecule has 1 aliphatic heterocycles. The van der Waals surface area contributed by atoms with Crippen LogP contribution in [0.25, 0.3) is 0 Å². The average Bonchev–Trinajstić information content (AvgIpc) is 2.87. The maximum atomic E-state index is 12.6. The molecule has 0 bridgehead atoms. The van der Waals surface area contributed by atoms with Gasteiger partial charge in [-0.1, -0.05) is 12.8 Å². The van der Waals surface area contributed by atoms with Gasteiger partial charge < -0.3 is 15.0 Å². The largest absolute Gasteiger partial charge is 0.480 e. The van der Waals surface area contributed by atoms with Crippen molar-refractivity contribution in [1.82, 2.24) is 14.9 Å². The number of hydrogen-bond acceptors (Lipinski definition) is 4. The fourth-order valence-corrected chi connectivity index (χ4v) is 3.56. The van der Waals surface area contributed by atoms with Gasteiger partial charge in [-0.2, -0.15) is 0 Å². The normalized spacial score (nSPS) is 28.2. The predicted octanol–water partition coefficient (Wildman–Crippen LogP) is 0.628. The Kier molecular flexibility index (Phi) is 3.48. The number of rotatable bonds is 2. The molecule has 21 heavy (non-hydrogen) atoms. The molecule has 1 amide bonds. The topological polar surface area (TPSA) is 103 Å². The van der Waals surface area contributed by atoms with Gasteiger partial charge in [0.15, 0.2) is 0 Å². The van der Waals surface area contributed by atoms with Gasteiger partial charge in [0.2, 0.25) is 0 Å². The van der Waals surface area contributed by atoms with Gasteiger partial charge >= 0.3 is 5.97 Å². The lowest BCUT2D eigenvalue weighted by Crippen LogP contribution is -2.46. The van der Waals surface area contributed by atoms with E-state index in [2.05, 4.69) is 9.97 Å². The molecule has 0 aromatic carbocycles. The minimum Gasteiger partial charge on any atom is -0.480 e. The maximum absolute atomic E-state index is 12.6. The van der Waals surface area contributed by atoms with Crippen LogP contribution in [0.2, 0.25) is 0 Å². The van der Waals surface area contributed by atoms with Crippen molar-refractivity contribution in [3.8, 4) is 0 Å². The van der Waals surface area contributed by atoms with Crippen LogP contribution in [0.5, 0.6) is 0 Å². The lowest BCUT2D eigenvalue weighted by molar-refractivity contribution is -0.141. The zero-order valence-corrected chi connectivity index (χ0v) is 11.5. The summed E-state index contributed by atoms with van der Waals surface area (Å²) in [5.74, 6) is -1.12. The molecule has 0 radical (unpaired) electrons. The van der Waals surface area contributed by atoms with Gasteiger partial charge in [0, 0.05) is 12.2 Å². The van der Waals surface area contributed by atoms with E-state index in [9.17, 15) is 19.5 Å². The summed E-state index contributed by atoms with van der Waals surface area (Å²) in [6, 6.07) is -0.819. The van der Waals surface area contributed by atoms with Crippen molar-refractivity contribution in [2.45, 2.75) is 44.2 Å². The zero-order valence-electron chi connectivity index (χ0n) is 11.5. The van der Waals surface area contributed by atoms with E-state index in [-0.39, 0.29) is 17.7 Å². The summed E-state index contributed by atoms with van der Waals surface area (Å²) in [5.41, 5.74) is -0.301. The van der Waals surface area contributed by atoms with Crippen LogP contribution in [0.3, 0.4) is 0 Å². The molecule has 1 saturated heterocycles. The Morgan fingerprint density at radius 1 is 1.33 bits per heavy atom. The molecule has 3 atom stereocenters. The van der Waals surface area contributed by atoms with E-state index in [4.69, 9.17) is 0 Å². The maximum Gasteiger partial charge on any atom is 0.326 e. The van der Waals surface area contributed by atoms with Crippen LogP contribution in [-0.2, 0) is 4.79 Å². The molecule has 3 unspecified atom stereocenters. The van der Waals surface area contributed by atoms with Crippen molar-refractivity contribution in [2.24, 2.45) is 5.92 Å². The average molecular weight is 291 g/mol. The van der Waals surface area contributed by atoms with Gasteiger partial charge in [-0.3, -0.25) is 9.59 Å². The fraction of sp³-hybridized carbons (Fsp3) is 0.571. The summed E-state index contributed by atoms with van der Waals surface area (Å²) in [6.07, 6.45) is 6.70. The highest BCUT2D eigenvalue weighted by Gasteiger charge is 2.47. The lowest BCUT2D eigenvalue weighted by Gasteiger charge is -2.32. The van der Waals surface area contributed by atoms with Crippen LogP contribution in [0, 0.1) is 5.92 Å². The molecular weight excluding hydrogens is 274 g/mol. The molecule has 2 heterocycles. The molecule has 7 heteroatoms. The van der Waals surface area contributed by atoms with Crippen LogP contribution in [0.1, 0.15) is 42.6 Å². The Bertz CT molecular complexity index is 606. The van der Waals surface area contributed by atoms with Crippen LogP contribution < -0.4 is 5.56 Å². The molecule has 2 fully saturated rings. The van der Waals surface area contributed by atoms with Crippen molar-refractivity contribution >= 4 is 11.9 Å². The highest BCUT2D eigenvalue weighted by atomic mass is 16.4. The molecule has 2 aliphatic rings. The van der Waals surface area contributed by atoms with E-state index < -0.39 is 23.5 Å². The highest BCUT2D eigenvalue weighted by Crippen LogP contribution is 2.40. The molecule has 0 spiro atoms. The molecule has 1 aliphatic carbocycles. The van der Waals surface area contributed by atoms with Crippen LogP contribution in [0.4, 0.5) is 0 Å². The molecule has 2 N–H and O–H groups in total. The number of nitrogens with one attached hydrogen (secondary N) is 1.